The second-order valence-corrected chi connectivity index (χ2v) is 6.85. The van der Waals surface area contributed by atoms with E-state index in [4.69, 9.17) is 0 Å². The maximum atomic E-state index is 11.9. The van der Waals surface area contributed by atoms with Crippen LogP contribution >= 0.6 is 0 Å². The number of benzene rings is 1. The van der Waals surface area contributed by atoms with Gasteiger partial charge in [-0.1, -0.05) is 38.8 Å². The molecule has 1 aromatic carbocycles. The number of sulfone groups is 1. The van der Waals surface area contributed by atoms with Gasteiger partial charge in [0.2, 0.25) is 0 Å². The first kappa shape index (κ1) is 15.8. The summed E-state index contributed by atoms with van der Waals surface area (Å²) in [6, 6.07) is 7.21. The van der Waals surface area contributed by atoms with Crippen molar-refractivity contribution in [2.45, 2.75) is 44.9 Å². The summed E-state index contributed by atoms with van der Waals surface area (Å²) in [5, 5.41) is 0. The van der Waals surface area contributed by atoms with Crippen LogP contribution in [0.1, 0.15) is 39.2 Å². The van der Waals surface area contributed by atoms with Crippen LogP contribution in [0, 0.1) is 17.8 Å². The highest BCUT2D eigenvalue weighted by Gasteiger charge is 2.12. The molecule has 0 heterocycles. The Morgan fingerprint density at radius 2 is 1.79 bits per heavy atom. The molecule has 3 heteroatoms. The quantitative estimate of drug-likeness (QED) is 0.773. The van der Waals surface area contributed by atoms with Crippen LogP contribution in [0.3, 0.4) is 0 Å². The first-order valence-electron chi connectivity index (χ1n) is 6.79. The van der Waals surface area contributed by atoms with E-state index >= 15 is 0 Å². The molecule has 0 aliphatic carbocycles. The summed E-state index contributed by atoms with van der Waals surface area (Å²) < 4.78 is 23.8. The molecule has 0 spiro atoms. The minimum atomic E-state index is -3.10. The van der Waals surface area contributed by atoms with Gasteiger partial charge in [0.25, 0.3) is 0 Å². The van der Waals surface area contributed by atoms with E-state index in [1.807, 2.05) is 26.0 Å². The van der Waals surface area contributed by atoms with Crippen molar-refractivity contribution in [3.63, 3.8) is 0 Å². The van der Waals surface area contributed by atoms with Crippen LogP contribution in [0.15, 0.2) is 29.2 Å². The molecule has 1 rings (SSSR count). The first-order valence-corrected chi connectivity index (χ1v) is 8.45. The average molecular weight is 278 g/mol. The van der Waals surface area contributed by atoms with Gasteiger partial charge in [0.15, 0.2) is 9.84 Å². The van der Waals surface area contributed by atoms with Crippen LogP contribution in [-0.4, -0.2) is 14.2 Å². The molecular formula is C16H22O2S. The fraction of sp³-hybridized carbons (Fsp3) is 0.500. The van der Waals surface area contributed by atoms with Gasteiger partial charge in [-0.3, -0.25) is 0 Å². The van der Waals surface area contributed by atoms with Crippen molar-refractivity contribution in [3.8, 4) is 11.8 Å². The Hall–Kier alpha value is -1.27. The van der Waals surface area contributed by atoms with Crippen LogP contribution in [0.25, 0.3) is 0 Å². The molecule has 0 saturated heterocycles. The lowest BCUT2D eigenvalue weighted by atomic mass is 10.0. The van der Waals surface area contributed by atoms with Gasteiger partial charge in [-0.25, -0.2) is 8.42 Å². The number of hydrogen-bond acceptors (Lipinski definition) is 2. The maximum Gasteiger partial charge on any atom is 0.178 e. The minimum absolute atomic E-state index is 0.213. The Morgan fingerprint density at radius 1 is 1.16 bits per heavy atom. The topological polar surface area (TPSA) is 34.1 Å². The van der Waals surface area contributed by atoms with E-state index in [1.54, 1.807) is 12.1 Å². The van der Waals surface area contributed by atoms with Crippen LogP contribution in [-0.2, 0) is 16.3 Å². The smallest absolute Gasteiger partial charge is 0.178 e. The molecule has 0 bridgehead atoms. The van der Waals surface area contributed by atoms with Gasteiger partial charge in [-0.15, -0.1) is 5.92 Å². The lowest BCUT2D eigenvalue weighted by Gasteiger charge is -2.06. The summed E-state index contributed by atoms with van der Waals surface area (Å²) in [4.78, 5) is 0.422. The third-order valence-electron chi connectivity index (χ3n) is 2.82. The zero-order chi connectivity index (χ0) is 14.3. The van der Waals surface area contributed by atoms with Crippen LogP contribution in [0.5, 0.6) is 0 Å². The van der Waals surface area contributed by atoms with Gasteiger partial charge in [0.1, 0.15) is 0 Å². The minimum Gasteiger partial charge on any atom is -0.224 e. The lowest BCUT2D eigenvalue weighted by molar-refractivity contribution is 0.594. The predicted octanol–water partition coefficient (Wildman–Crippen LogP) is 3.46. The molecule has 0 aliphatic heterocycles. The first-order chi connectivity index (χ1) is 8.99. The Bertz CT molecular complexity index is 545. The van der Waals surface area contributed by atoms with Gasteiger partial charge in [-0.05, 0) is 30.5 Å². The van der Waals surface area contributed by atoms with E-state index in [0.29, 0.717) is 17.2 Å². The molecular weight excluding hydrogens is 256 g/mol. The third-order valence-corrected chi connectivity index (χ3v) is 4.76. The SMILES string of the molecule is CCC#CC(C)Cc1ccc(S(=O)(=O)CCC)cc1. The maximum absolute atomic E-state index is 11.9. The Morgan fingerprint density at radius 3 is 2.32 bits per heavy atom. The second-order valence-electron chi connectivity index (χ2n) is 4.74. The highest BCUT2D eigenvalue weighted by atomic mass is 32.2. The summed E-state index contributed by atoms with van der Waals surface area (Å²) in [6.07, 6.45) is 2.38. The van der Waals surface area contributed by atoms with Gasteiger partial charge < -0.3 is 0 Å². The highest BCUT2D eigenvalue weighted by Crippen LogP contribution is 2.15. The third kappa shape index (κ3) is 5.08. The highest BCUT2D eigenvalue weighted by molar-refractivity contribution is 7.91. The Kier molecular flexibility index (Phi) is 6.11. The summed E-state index contributed by atoms with van der Waals surface area (Å²) >= 11 is 0. The van der Waals surface area contributed by atoms with Crippen LogP contribution in [0.2, 0.25) is 0 Å². The predicted molar refractivity (Wildman–Crippen MR) is 79.7 cm³/mol. The molecule has 19 heavy (non-hydrogen) atoms. The van der Waals surface area contributed by atoms with Crippen molar-refractivity contribution in [1.29, 1.82) is 0 Å². The molecule has 2 nitrogen and oxygen atoms in total. The zero-order valence-corrected chi connectivity index (χ0v) is 12.8. The normalized spacial score (nSPS) is 12.6. The van der Waals surface area contributed by atoms with E-state index in [1.165, 1.54) is 0 Å². The second kappa shape index (κ2) is 7.35. The fourth-order valence-corrected chi connectivity index (χ4v) is 3.22. The molecule has 0 N–H and O–H groups in total. The monoisotopic (exact) mass is 278 g/mol. The lowest BCUT2D eigenvalue weighted by Crippen LogP contribution is -2.06. The van der Waals surface area contributed by atoms with E-state index in [9.17, 15) is 8.42 Å². The molecule has 0 aliphatic rings. The molecule has 0 radical (unpaired) electrons. The summed E-state index contributed by atoms with van der Waals surface area (Å²) in [5.41, 5.74) is 1.13. The summed E-state index contributed by atoms with van der Waals surface area (Å²) in [5.74, 6) is 6.77. The zero-order valence-electron chi connectivity index (χ0n) is 11.9. The summed E-state index contributed by atoms with van der Waals surface area (Å²) in [6.45, 7) is 6.00. The van der Waals surface area contributed by atoms with Crippen molar-refractivity contribution in [1.82, 2.24) is 0 Å². The standard InChI is InChI=1S/C16H22O2S/c1-4-6-7-14(3)13-15-8-10-16(11-9-15)19(17,18)12-5-2/h8-11,14H,4-5,12-13H2,1-3H3. The van der Waals surface area contributed by atoms with Crippen molar-refractivity contribution in [2.24, 2.45) is 5.92 Å². The molecule has 1 unspecified atom stereocenters. The van der Waals surface area contributed by atoms with Crippen molar-refractivity contribution >= 4 is 9.84 Å². The molecule has 0 aromatic heterocycles. The van der Waals surface area contributed by atoms with Gasteiger partial charge in [-0.2, -0.15) is 0 Å². The van der Waals surface area contributed by atoms with E-state index in [2.05, 4.69) is 18.8 Å². The molecule has 0 saturated carbocycles. The van der Waals surface area contributed by atoms with Crippen molar-refractivity contribution < 1.29 is 8.42 Å². The Labute approximate surface area is 117 Å². The van der Waals surface area contributed by atoms with E-state index in [-0.39, 0.29) is 5.75 Å². The van der Waals surface area contributed by atoms with Crippen molar-refractivity contribution in [2.75, 3.05) is 5.75 Å². The average Bonchev–Trinajstić information content (AvgIpc) is 2.37. The summed E-state index contributed by atoms with van der Waals surface area (Å²) in [7, 11) is -3.10. The van der Waals surface area contributed by atoms with Crippen LogP contribution in [0.4, 0.5) is 0 Å². The van der Waals surface area contributed by atoms with Crippen molar-refractivity contribution in [3.05, 3.63) is 29.8 Å². The van der Waals surface area contributed by atoms with Crippen LogP contribution < -0.4 is 0 Å². The Balaban J connectivity index is 2.77. The molecule has 1 aromatic rings. The molecule has 104 valence electrons. The molecule has 0 fully saturated rings. The molecule has 0 amide bonds. The van der Waals surface area contributed by atoms with Gasteiger partial charge >= 0.3 is 0 Å². The number of hydrogen-bond donors (Lipinski definition) is 0. The fourth-order valence-electron chi connectivity index (χ4n) is 1.90. The number of rotatable bonds is 5. The van der Waals surface area contributed by atoms with Gasteiger partial charge in [0.05, 0.1) is 10.6 Å². The van der Waals surface area contributed by atoms with E-state index < -0.39 is 9.84 Å². The van der Waals surface area contributed by atoms with E-state index in [0.717, 1.165) is 18.4 Å². The van der Waals surface area contributed by atoms with Gasteiger partial charge in [0, 0.05) is 12.3 Å². The molecule has 1 atom stereocenters. The largest absolute Gasteiger partial charge is 0.224 e.